The summed E-state index contributed by atoms with van der Waals surface area (Å²) < 4.78 is 35.0. The lowest BCUT2D eigenvalue weighted by Gasteiger charge is -2.33. The van der Waals surface area contributed by atoms with E-state index in [2.05, 4.69) is 15.6 Å². The standard InChI is InChI=1S/C24H28ClF2N5O2/c1-11-21(25)12(2)30-23(29-11)16-9-32(10-17(16)28)24(33)15-5-3-13(26)7-19(15)34-20-8-14-4-6-18(31-14)22(20)27/h3,5,7,14,17-18,20,22,29,31H,4,6,8-10,28H2,1-2H3/b23-16-. The Bertz CT molecular complexity index is 1120. The molecule has 5 atom stereocenters. The summed E-state index contributed by atoms with van der Waals surface area (Å²) in [5, 5.41) is 6.96. The van der Waals surface area contributed by atoms with E-state index in [0.29, 0.717) is 23.0 Å². The number of carbonyl (C=O) groups is 1. The number of rotatable bonds is 3. The van der Waals surface area contributed by atoms with E-state index in [0.717, 1.165) is 30.2 Å². The summed E-state index contributed by atoms with van der Waals surface area (Å²) in [6, 6.07) is 3.25. The van der Waals surface area contributed by atoms with Gasteiger partial charge in [-0.25, -0.2) is 13.8 Å². The van der Waals surface area contributed by atoms with Crippen LogP contribution >= 0.6 is 11.6 Å². The normalized spacial score (nSPS) is 33.2. The van der Waals surface area contributed by atoms with Crippen molar-refractivity contribution >= 4 is 23.2 Å². The number of benzene rings is 1. The summed E-state index contributed by atoms with van der Waals surface area (Å²) in [4.78, 5) is 19.5. The average molecular weight is 492 g/mol. The van der Waals surface area contributed by atoms with E-state index in [4.69, 9.17) is 22.1 Å². The highest BCUT2D eigenvalue weighted by Gasteiger charge is 2.43. The first-order valence-corrected chi connectivity index (χ1v) is 11.9. The summed E-state index contributed by atoms with van der Waals surface area (Å²) in [5.74, 6) is -0.252. The number of hydrogen-bond acceptors (Lipinski definition) is 6. The van der Waals surface area contributed by atoms with E-state index in [1.165, 1.54) is 12.1 Å². The molecule has 4 heterocycles. The molecule has 34 heavy (non-hydrogen) atoms. The molecule has 5 unspecified atom stereocenters. The molecule has 5 rings (SSSR count). The van der Waals surface area contributed by atoms with Crippen LogP contribution in [0.5, 0.6) is 5.75 Å². The molecule has 0 saturated carbocycles. The number of nitrogens with zero attached hydrogens (tertiary/aromatic N) is 2. The van der Waals surface area contributed by atoms with Crippen LogP contribution in [0.2, 0.25) is 0 Å². The highest BCUT2D eigenvalue weighted by molar-refractivity contribution is 6.43. The monoisotopic (exact) mass is 491 g/mol. The highest BCUT2D eigenvalue weighted by atomic mass is 35.5. The van der Waals surface area contributed by atoms with Crippen LogP contribution in [0.4, 0.5) is 8.78 Å². The van der Waals surface area contributed by atoms with Crippen molar-refractivity contribution in [2.75, 3.05) is 13.1 Å². The summed E-state index contributed by atoms with van der Waals surface area (Å²) >= 11 is 6.22. The summed E-state index contributed by atoms with van der Waals surface area (Å²) in [7, 11) is 0. The molecule has 0 aromatic heterocycles. The van der Waals surface area contributed by atoms with Crippen molar-refractivity contribution in [1.82, 2.24) is 15.5 Å². The second-order valence-corrected chi connectivity index (χ2v) is 9.83. The predicted molar refractivity (Wildman–Crippen MR) is 126 cm³/mol. The Balaban J connectivity index is 1.38. The van der Waals surface area contributed by atoms with E-state index in [1.807, 2.05) is 13.8 Å². The van der Waals surface area contributed by atoms with Gasteiger partial charge in [0.15, 0.2) is 6.17 Å². The largest absolute Gasteiger partial charge is 0.486 e. The lowest BCUT2D eigenvalue weighted by atomic mass is 10.00. The van der Waals surface area contributed by atoms with Crippen molar-refractivity contribution in [3.63, 3.8) is 0 Å². The molecule has 4 aliphatic heterocycles. The number of alkyl halides is 1. The summed E-state index contributed by atoms with van der Waals surface area (Å²) in [6.07, 6.45) is 0.167. The number of fused-ring (bicyclic) bond motifs is 2. The number of hydrogen-bond donors (Lipinski definition) is 3. The lowest BCUT2D eigenvalue weighted by Crippen LogP contribution is -2.51. The first kappa shape index (κ1) is 23.3. The number of carbonyl (C=O) groups excluding carboxylic acids is 1. The third kappa shape index (κ3) is 4.21. The van der Waals surface area contributed by atoms with Crippen LogP contribution < -0.4 is 21.1 Å². The van der Waals surface area contributed by atoms with Crippen molar-refractivity contribution in [3.8, 4) is 5.75 Å². The molecular weight excluding hydrogens is 464 g/mol. The van der Waals surface area contributed by atoms with Gasteiger partial charge in [0.05, 0.1) is 16.3 Å². The molecule has 2 bridgehead atoms. The zero-order chi connectivity index (χ0) is 24.1. The molecule has 3 saturated heterocycles. The number of allylic oxidation sites excluding steroid dienone is 2. The number of nitrogens with two attached hydrogens (primary N) is 1. The molecule has 4 aliphatic rings. The van der Waals surface area contributed by atoms with Crippen LogP contribution in [0.25, 0.3) is 0 Å². The van der Waals surface area contributed by atoms with Crippen molar-refractivity contribution in [3.05, 3.63) is 51.7 Å². The van der Waals surface area contributed by atoms with E-state index in [1.54, 1.807) is 4.90 Å². The molecule has 10 heteroatoms. The summed E-state index contributed by atoms with van der Waals surface area (Å²) in [6.45, 7) is 4.18. The Morgan fingerprint density at radius 3 is 2.88 bits per heavy atom. The number of aliphatic imine (C=N–C) groups is 1. The fourth-order valence-corrected chi connectivity index (χ4v) is 5.30. The topological polar surface area (TPSA) is 92.0 Å². The van der Waals surface area contributed by atoms with Crippen molar-refractivity contribution in [2.45, 2.75) is 63.5 Å². The zero-order valence-electron chi connectivity index (χ0n) is 19.1. The number of piperidine rings is 1. The molecule has 0 radical (unpaired) electrons. The van der Waals surface area contributed by atoms with Gasteiger partial charge in [0.1, 0.15) is 23.5 Å². The third-order valence-corrected chi connectivity index (χ3v) is 7.59. The van der Waals surface area contributed by atoms with Gasteiger partial charge < -0.3 is 26.0 Å². The van der Waals surface area contributed by atoms with Crippen LogP contribution in [-0.4, -0.2) is 60.0 Å². The molecule has 1 amide bonds. The first-order valence-electron chi connectivity index (χ1n) is 11.5. The molecule has 3 fully saturated rings. The maximum Gasteiger partial charge on any atom is 0.257 e. The van der Waals surface area contributed by atoms with Crippen LogP contribution in [0, 0.1) is 5.82 Å². The molecular formula is C24H28ClF2N5O2. The fraction of sp³-hybridized carbons (Fsp3) is 0.500. The van der Waals surface area contributed by atoms with E-state index in [-0.39, 0.29) is 42.4 Å². The maximum atomic E-state index is 14.9. The minimum absolute atomic E-state index is 0.0591. The van der Waals surface area contributed by atoms with Gasteiger partial charge in [-0.1, -0.05) is 11.6 Å². The van der Waals surface area contributed by atoms with Crippen molar-refractivity contribution in [1.29, 1.82) is 0 Å². The van der Waals surface area contributed by atoms with E-state index < -0.39 is 24.1 Å². The minimum atomic E-state index is -1.22. The summed E-state index contributed by atoms with van der Waals surface area (Å²) in [5.41, 5.74) is 8.75. The smallest absolute Gasteiger partial charge is 0.257 e. The van der Waals surface area contributed by atoms with Crippen LogP contribution in [-0.2, 0) is 0 Å². The molecule has 1 aromatic rings. The van der Waals surface area contributed by atoms with Gasteiger partial charge in [-0.3, -0.25) is 4.79 Å². The second-order valence-electron chi connectivity index (χ2n) is 9.45. The number of amides is 1. The van der Waals surface area contributed by atoms with Gasteiger partial charge in [-0.2, -0.15) is 0 Å². The fourth-order valence-electron chi connectivity index (χ4n) is 5.21. The zero-order valence-corrected chi connectivity index (χ0v) is 19.8. The molecule has 0 spiro atoms. The Labute approximate surface area is 202 Å². The van der Waals surface area contributed by atoms with Crippen LogP contribution in [0.15, 0.2) is 45.3 Å². The third-order valence-electron chi connectivity index (χ3n) is 7.03. The SMILES string of the molecule is CC1=N/C(=C2/CN(C(=O)c3ccc(F)cc3OC3CC4CCC(N4)C3F)CC2N)NC(C)=C1Cl. The molecule has 182 valence electrons. The quantitative estimate of drug-likeness (QED) is 0.604. The van der Waals surface area contributed by atoms with Crippen LogP contribution in [0.3, 0.4) is 0 Å². The Morgan fingerprint density at radius 2 is 2.12 bits per heavy atom. The van der Waals surface area contributed by atoms with Gasteiger partial charge in [0.2, 0.25) is 0 Å². The highest BCUT2D eigenvalue weighted by Crippen LogP contribution is 2.34. The Kier molecular flexibility index (Phi) is 6.12. The van der Waals surface area contributed by atoms with Gasteiger partial charge in [0.25, 0.3) is 5.91 Å². The van der Waals surface area contributed by atoms with Gasteiger partial charge >= 0.3 is 0 Å². The number of likely N-dealkylation sites (tertiary alicyclic amines) is 1. The first-order chi connectivity index (χ1) is 16.2. The Morgan fingerprint density at radius 1 is 1.32 bits per heavy atom. The van der Waals surface area contributed by atoms with Gasteiger partial charge in [0, 0.05) is 55.0 Å². The van der Waals surface area contributed by atoms with Gasteiger partial charge in [-0.15, -0.1) is 0 Å². The molecule has 1 aromatic carbocycles. The second kappa shape index (κ2) is 8.94. The maximum absolute atomic E-state index is 14.9. The molecule has 7 nitrogen and oxygen atoms in total. The van der Waals surface area contributed by atoms with E-state index >= 15 is 0 Å². The average Bonchev–Trinajstić information content (AvgIpc) is 3.39. The van der Waals surface area contributed by atoms with Crippen molar-refractivity contribution in [2.24, 2.45) is 10.7 Å². The van der Waals surface area contributed by atoms with E-state index in [9.17, 15) is 13.6 Å². The number of halogens is 3. The Hall–Kier alpha value is -2.49. The van der Waals surface area contributed by atoms with Crippen LogP contribution in [0.1, 0.15) is 43.5 Å². The minimum Gasteiger partial charge on any atom is -0.486 e. The predicted octanol–water partition coefficient (Wildman–Crippen LogP) is 2.96. The van der Waals surface area contributed by atoms with Gasteiger partial charge in [-0.05, 0) is 38.8 Å². The number of nitrogens with one attached hydrogen (secondary N) is 2. The lowest BCUT2D eigenvalue weighted by molar-refractivity contribution is 0.0442. The number of ether oxygens (including phenoxy) is 1. The molecule has 4 N–H and O–H groups in total. The van der Waals surface area contributed by atoms with Crippen molar-refractivity contribution < 1.29 is 18.3 Å². The molecule has 0 aliphatic carbocycles.